The second-order valence-electron chi connectivity index (χ2n) is 3.44. The van der Waals surface area contributed by atoms with Crippen LogP contribution in [0, 0.1) is 5.92 Å². The Morgan fingerprint density at radius 3 is 3.10 bits per heavy atom. The molecule has 2 aliphatic heterocycles. The van der Waals surface area contributed by atoms with E-state index in [1.54, 1.807) is 0 Å². The maximum absolute atomic E-state index is 11.1. The lowest BCUT2D eigenvalue weighted by Gasteiger charge is -2.14. The summed E-state index contributed by atoms with van der Waals surface area (Å²) in [6.45, 7) is 3.95. The number of carbonyl (C=O) groups excluding carboxylic acids is 1. The Hall–Kier alpha value is -0.370. The number of hydrogen-bond donors (Lipinski definition) is 0. The highest BCUT2D eigenvalue weighted by atomic mass is 16.1. The van der Waals surface area contributed by atoms with Crippen LogP contribution in [0.3, 0.4) is 0 Å². The van der Waals surface area contributed by atoms with E-state index in [4.69, 9.17) is 0 Å². The summed E-state index contributed by atoms with van der Waals surface area (Å²) in [6, 6.07) is 0.604. The van der Waals surface area contributed by atoms with Crippen molar-refractivity contribution in [1.82, 2.24) is 4.90 Å². The molecule has 0 aromatic heterocycles. The van der Waals surface area contributed by atoms with Crippen LogP contribution in [-0.2, 0) is 4.79 Å². The fourth-order valence-corrected chi connectivity index (χ4v) is 2.17. The molecule has 2 nitrogen and oxygen atoms in total. The predicted molar refractivity (Wildman–Crippen MR) is 38.8 cm³/mol. The highest BCUT2D eigenvalue weighted by molar-refractivity contribution is 5.85. The van der Waals surface area contributed by atoms with Gasteiger partial charge in [-0.3, -0.25) is 9.69 Å². The van der Waals surface area contributed by atoms with Crippen LogP contribution in [0.1, 0.15) is 19.8 Å². The van der Waals surface area contributed by atoms with Gasteiger partial charge in [0.25, 0.3) is 0 Å². The first-order valence-corrected chi connectivity index (χ1v) is 4.06. The van der Waals surface area contributed by atoms with E-state index in [1.807, 2.05) is 0 Å². The smallest absolute Gasteiger partial charge is 0.151 e. The third-order valence-electron chi connectivity index (χ3n) is 2.86. The molecule has 0 saturated carbocycles. The van der Waals surface area contributed by atoms with Crippen LogP contribution in [0.15, 0.2) is 0 Å². The maximum Gasteiger partial charge on any atom is 0.151 e. The number of hydrogen-bond acceptors (Lipinski definition) is 2. The largest absolute Gasteiger partial charge is 0.298 e. The zero-order valence-electron chi connectivity index (χ0n) is 6.34. The number of rotatable bonds is 0. The summed E-state index contributed by atoms with van der Waals surface area (Å²) >= 11 is 0. The SMILES string of the molecule is CC1C(=O)CN2CCCC12. The first-order chi connectivity index (χ1) is 4.79. The molecule has 0 aromatic carbocycles. The molecule has 0 spiro atoms. The van der Waals surface area contributed by atoms with Gasteiger partial charge in [-0.05, 0) is 19.4 Å². The lowest BCUT2D eigenvalue weighted by atomic mass is 10.0. The summed E-state index contributed by atoms with van der Waals surface area (Å²) in [4.78, 5) is 13.5. The monoisotopic (exact) mass is 139 g/mol. The van der Waals surface area contributed by atoms with Gasteiger partial charge in [0.15, 0.2) is 5.78 Å². The molecule has 2 unspecified atom stereocenters. The van der Waals surface area contributed by atoms with Crippen molar-refractivity contribution in [3.63, 3.8) is 0 Å². The molecule has 2 fully saturated rings. The van der Waals surface area contributed by atoms with Gasteiger partial charge in [-0.1, -0.05) is 6.92 Å². The van der Waals surface area contributed by atoms with Crippen molar-refractivity contribution >= 4 is 5.78 Å². The molecular weight excluding hydrogens is 126 g/mol. The molecular formula is C8H13NO. The van der Waals surface area contributed by atoms with Gasteiger partial charge in [0.05, 0.1) is 6.54 Å². The number of nitrogens with zero attached hydrogens (tertiary/aromatic N) is 1. The Labute approximate surface area is 61.2 Å². The molecule has 2 heterocycles. The summed E-state index contributed by atoms with van der Waals surface area (Å²) in [5.74, 6) is 0.771. The molecule has 2 heteroatoms. The van der Waals surface area contributed by atoms with Gasteiger partial charge in [-0.25, -0.2) is 0 Å². The minimum Gasteiger partial charge on any atom is -0.298 e. The van der Waals surface area contributed by atoms with Gasteiger partial charge in [0, 0.05) is 12.0 Å². The van der Waals surface area contributed by atoms with E-state index >= 15 is 0 Å². The molecule has 0 aromatic rings. The minimum absolute atomic E-state index is 0.322. The Bertz CT molecular complexity index is 167. The molecule has 0 radical (unpaired) electrons. The number of Topliss-reactive ketones (excluding diaryl/α,β-unsaturated/α-hetero) is 1. The fraction of sp³-hybridized carbons (Fsp3) is 0.875. The van der Waals surface area contributed by atoms with Crippen molar-refractivity contribution in [3.8, 4) is 0 Å². The van der Waals surface area contributed by atoms with Crippen LogP contribution in [0.25, 0.3) is 0 Å². The average Bonchev–Trinajstić information content (AvgIpc) is 2.41. The standard InChI is InChI=1S/C8H13NO/c1-6-7-3-2-4-9(7)5-8(6)10/h6-7H,2-5H2,1H3. The summed E-state index contributed by atoms with van der Waals surface area (Å²) in [7, 11) is 0. The van der Waals surface area contributed by atoms with E-state index in [-0.39, 0.29) is 0 Å². The zero-order chi connectivity index (χ0) is 7.14. The van der Waals surface area contributed by atoms with E-state index in [1.165, 1.54) is 12.8 Å². The summed E-state index contributed by atoms with van der Waals surface area (Å²) in [6.07, 6.45) is 2.54. The first kappa shape index (κ1) is 6.35. The van der Waals surface area contributed by atoms with Crippen LogP contribution in [0.2, 0.25) is 0 Å². The molecule has 2 saturated heterocycles. The summed E-state index contributed by atoms with van der Waals surface area (Å²) in [5, 5.41) is 0. The van der Waals surface area contributed by atoms with Gasteiger partial charge >= 0.3 is 0 Å². The van der Waals surface area contributed by atoms with Gasteiger partial charge in [-0.15, -0.1) is 0 Å². The molecule has 2 rings (SSSR count). The fourth-order valence-electron chi connectivity index (χ4n) is 2.17. The number of fused-ring (bicyclic) bond motifs is 1. The molecule has 0 N–H and O–H groups in total. The third kappa shape index (κ3) is 0.717. The Kier molecular flexibility index (Phi) is 1.31. The van der Waals surface area contributed by atoms with E-state index in [2.05, 4.69) is 11.8 Å². The van der Waals surface area contributed by atoms with Crippen molar-refractivity contribution in [2.45, 2.75) is 25.8 Å². The summed E-state index contributed by atoms with van der Waals surface area (Å²) < 4.78 is 0. The quantitative estimate of drug-likeness (QED) is 0.491. The average molecular weight is 139 g/mol. The van der Waals surface area contributed by atoms with Gasteiger partial charge in [0.2, 0.25) is 0 Å². The Morgan fingerprint density at radius 2 is 2.40 bits per heavy atom. The second kappa shape index (κ2) is 2.06. The van der Waals surface area contributed by atoms with Crippen molar-refractivity contribution in [2.75, 3.05) is 13.1 Å². The molecule has 56 valence electrons. The van der Waals surface area contributed by atoms with Crippen LogP contribution in [-0.4, -0.2) is 29.8 Å². The molecule has 0 bridgehead atoms. The molecule has 2 aliphatic rings. The molecule has 10 heavy (non-hydrogen) atoms. The molecule has 0 aliphatic carbocycles. The van der Waals surface area contributed by atoms with Crippen molar-refractivity contribution in [1.29, 1.82) is 0 Å². The topological polar surface area (TPSA) is 20.3 Å². The predicted octanol–water partition coefficient (Wildman–Crippen LogP) is 0.670. The lowest BCUT2D eigenvalue weighted by Crippen LogP contribution is -2.24. The van der Waals surface area contributed by atoms with Crippen LogP contribution in [0.4, 0.5) is 0 Å². The second-order valence-corrected chi connectivity index (χ2v) is 3.44. The zero-order valence-corrected chi connectivity index (χ0v) is 6.34. The van der Waals surface area contributed by atoms with Gasteiger partial charge in [0.1, 0.15) is 0 Å². The van der Waals surface area contributed by atoms with Crippen LogP contribution in [0.5, 0.6) is 0 Å². The lowest BCUT2D eigenvalue weighted by molar-refractivity contribution is -0.119. The molecule has 2 atom stereocenters. The van der Waals surface area contributed by atoms with Crippen LogP contribution >= 0.6 is 0 Å². The Balaban J connectivity index is 2.16. The number of carbonyl (C=O) groups is 1. The highest BCUT2D eigenvalue weighted by Crippen LogP contribution is 2.29. The van der Waals surface area contributed by atoms with E-state index in [0.717, 1.165) is 13.1 Å². The van der Waals surface area contributed by atoms with Crippen molar-refractivity contribution < 1.29 is 4.79 Å². The van der Waals surface area contributed by atoms with Crippen LogP contribution < -0.4 is 0 Å². The van der Waals surface area contributed by atoms with E-state index < -0.39 is 0 Å². The normalized spacial score (nSPS) is 40.7. The summed E-state index contributed by atoms with van der Waals surface area (Å²) in [5.41, 5.74) is 0. The molecule has 0 amide bonds. The third-order valence-corrected chi connectivity index (χ3v) is 2.86. The van der Waals surface area contributed by atoms with Gasteiger partial charge < -0.3 is 0 Å². The first-order valence-electron chi connectivity index (χ1n) is 4.06. The van der Waals surface area contributed by atoms with Gasteiger partial charge in [-0.2, -0.15) is 0 Å². The Morgan fingerprint density at radius 1 is 1.60 bits per heavy atom. The van der Waals surface area contributed by atoms with E-state index in [0.29, 0.717) is 17.7 Å². The van der Waals surface area contributed by atoms with Crippen molar-refractivity contribution in [3.05, 3.63) is 0 Å². The number of ketones is 1. The van der Waals surface area contributed by atoms with E-state index in [9.17, 15) is 4.79 Å². The minimum atomic E-state index is 0.322. The highest BCUT2D eigenvalue weighted by Gasteiger charge is 2.39. The maximum atomic E-state index is 11.1. The van der Waals surface area contributed by atoms with Crippen molar-refractivity contribution in [2.24, 2.45) is 5.92 Å².